The summed E-state index contributed by atoms with van der Waals surface area (Å²) >= 11 is 5.26. The molecule has 5 nitrogen and oxygen atoms in total. The molecule has 2 N–H and O–H groups in total. The quantitative estimate of drug-likeness (QED) is 0.690. The molecule has 27 heavy (non-hydrogen) atoms. The van der Waals surface area contributed by atoms with Gasteiger partial charge in [-0.05, 0) is 82.4 Å². The highest BCUT2D eigenvalue weighted by Crippen LogP contribution is 2.18. The predicted molar refractivity (Wildman–Crippen MR) is 116 cm³/mol. The fraction of sp³-hybridized carbons (Fsp3) is 0.333. The van der Waals surface area contributed by atoms with Gasteiger partial charge < -0.3 is 15.0 Å². The van der Waals surface area contributed by atoms with E-state index in [2.05, 4.69) is 29.4 Å². The number of nitrogens with one attached hydrogen (secondary N) is 2. The number of amides is 1. The zero-order valence-electron chi connectivity index (χ0n) is 16.3. The van der Waals surface area contributed by atoms with Crippen LogP contribution in [-0.2, 0) is 0 Å². The summed E-state index contributed by atoms with van der Waals surface area (Å²) in [5, 5.41) is 6.00. The van der Waals surface area contributed by atoms with Crippen LogP contribution in [0.25, 0.3) is 0 Å². The molecule has 0 fully saturated rings. The number of benzene rings is 2. The van der Waals surface area contributed by atoms with E-state index in [1.165, 1.54) is 0 Å². The number of carbonyl (C=O) groups excluding carboxylic acids is 1. The molecule has 144 valence electrons. The average Bonchev–Trinajstić information content (AvgIpc) is 2.63. The Kier molecular flexibility index (Phi) is 7.61. The molecule has 0 aliphatic rings. The number of nitrogens with zero attached hydrogens (tertiary/aromatic N) is 1. The molecular formula is C21H27N3O2S. The van der Waals surface area contributed by atoms with Crippen molar-refractivity contribution in [3.8, 4) is 5.75 Å². The van der Waals surface area contributed by atoms with Gasteiger partial charge in [0.2, 0.25) is 0 Å². The summed E-state index contributed by atoms with van der Waals surface area (Å²) in [6.45, 7) is 10.0. The van der Waals surface area contributed by atoms with Crippen LogP contribution in [-0.4, -0.2) is 30.2 Å². The van der Waals surface area contributed by atoms with E-state index in [1.54, 1.807) is 18.2 Å². The molecule has 0 unspecified atom stereocenters. The third-order valence-corrected chi connectivity index (χ3v) is 4.15. The van der Waals surface area contributed by atoms with Gasteiger partial charge in [0.25, 0.3) is 5.91 Å². The first-order valence-electron chi connectivity index (χ1n) is 9.17. The van der Waals surface area contributed by atoms with Gasteiger partial charge in [-0.2, -0.15) is 0 Å². The van der Waals surface area contributed by atoms with Crippen LogP contribution in [0, 0.1) is 0 Å². The second kappa shape index (κ2) is 9.92. The first-order chi connectivity index (χ1) is 12.9. The minimum absolute atomic E-state index is 0.0466. The highest BCUT2D eigenvalue weighted by Gasteiger charge is 2.10. The fourth-order valence-electron chi connectivity index (χ4n) is 2.66. The molecular weight excluding hydrogens is 358 g/mol. The van der Waals surface area contributed by atoms with Gasteiger partial charge >= 0.3 is 0 Å². The van der Waals surface area contributed by atoms with E-state index < -0.39 is 0 Å². The molecule has 0 aliphatic carbocycles. The molecule has 2 aromatic rings. The third kappa shape index (κ3) is 6.25. The molecule has 0 spiro atoms. The maximum absolute atomic E-state index is 12.4. The molecule has 0 atom stereocenters. The Hall–Kier alpha value is -2.60. The summed E-state index contributed by atoms with van der Waals surface area (Å²) < 4.78 is 5.62. The maximum Gasteiger partial charge on any atom is 0.257 e. The Morgan fingerprint density at radius 1 is 1.11 bits per heavy atom. The summed E-state index contributed by atoms with van der Waals surface area (Å²) in [5.41, 5.74) is 2.48. The van der Waals surface area contributed by atoms with Crippen LogP contribution >= 0.6 is 12.2 Å². The number of hydrogen-bond acceptors (Lipinski definition) is 4. The first kappa shape index (κ1) is 20.7. The Labute approximate surface area is 166 Å². The molecule has 6 heteroatoms. The van der Waals surface area contributed by atoms with Crippen molar-refractivity contribution >= 4 is 34.6 Å². The van der Waals surface area contributed by atoms with Crippen LogP contribution in [0.4, 0.5) is 11.4 Å². The molecule has 0 heterocycles. The lowest BCUT2D eigenvalue weighted by Crippen LogP contribution is -2.34. The second-order valence-corrected chi connectivity index (χ2v) is 6.73. The Morgan fingerprint density at radius 3 is 2.37 bits per heavy atom. The predicted octanol–water partition coefficient (Wildman–Crippen LogP) is 4.45. The summed E-state index contributed by atoms with van der Waals surface area (Å²) in [7, 11) is 0. The smallest absolute Gasteiger partial charge is 0.257 e. The number of carbonyl (C=O) groups is 1. The molecule has 0 saturated carbocycles. The zero-order chi connectivity index (χ0) is 19.8. The number of thiocarbonyl (C=S) groups is 1. The van der Waals surface area contributed by atoms with E-state index in [9.17, 15) is 4.79 Å². The van der Waals surface area contributed by atoms with Crippen LogP contribution in [0.1, 0.15) is 38.1 Å². The molecule has 1 amide bonds. The van der Waals surface area contributed by atoms with Crippen molar-refractivity contribution in [3.05, 3.63) is 54.1 Å². The molecule has 0 aliphatic heterocycles. The lowest BCUT2D eigenvalue weighted by Gasteiger charge is -2.21. The van der Waals surface area contributed by atoms with Gasteiger partial charge in [-0.3, -0.25) is 10.1 Å². The van der Waals surface area contributed by atoms with Crippen LogP contribution in [0.2, 0.25) is 0 Å². The second-order valence-electron chi connectivity index (χ2n) is 6.32. The van der Waals surface area contributed by atoms with Crippen molar-refractivity contribution in [3.63, 3.8) is 0 Å². The van der Waals surface area contributed by atoms with E-state index in [0.717, 1.165) is 24.5 Å². The minimum atomic E-state index is -0.276. The monoisotopic (exact) mass is 385 g/mol. The minimum Gasteiger partial charge on any atom is -0.491 e. The van der Waals surface area contributed by atoms with E-state index in [0.29, 0.717) is 11.3 Å². The summed E-state index contributed by atoms with van der Waals surface area (Å²) in [6, 6.07) is 15.0. The largest absolute Gasteiger partial charge is 0.491 e. The first-order valence-corrected chi connectivity index (χ1v) is 9.57. The zero-order valence-corrected chi connectivity index (χ0v) is 17.1. The van der Waals surface area contributed by atoms with E-state index in [4.69, 9.17) is 17.0 Å². The number of hydrogen-bond donors (Lipinski definition) is 2. The Balaban J connectivity index is 1.96. The SMILES string of the molecule is CCN(CC)c1ccc(NC(=S)NC(=O)c2cccc(OC(C)C)c2)cc1. The lowest BCUT2D eigenvalue weighted by molar-refractivity contribution is 0.0977. The van der Waals surface area contributed by atoms with Crippen LogP contribution in [0.5, 0.6) is 5.75 Å². The maximum atomic E-state index is 12.4. The Bertz CT molecular complexity index is 771. The van der Waals surface area contributed by atoms with Gasteiger partial charge in [0.1, 0.15) is 5.75 Å². The van der Waals surface area contributed by atoms with Crippen molar-refractivity contribution in [2.75, 3.05) is 23.3 Å². The number of rotatable bonds is 7. The topological polar surface area (TPSA) is 53.6 Å². The molecule has 0 bridgehead atoms. The van der Waals surface area contributed by atoms with Gasteiger partial charge in [-0.25, -0.2) is 0 Å². The van der Waals surface area contributed by atoms with E-state index in [1.807, 2.05) is 44.2 Å². The van der Waals surface area contributed by atoms with Crippen LogP contribution in [0.3, 0.4) is 0 Å². The van der Waals surface area contributed by atoms with Crippen molar-refractivity contribution in [2.45, 2.75) is 33.8 Å². The normalized spacial score (nSPS) is 10.4. The average molecular weight is 386 g/mol. The van der Waals surface area contributed by atoms with Gasteiger partial charge in [0, 0.05) is 30.0 Å². The van der Waals surface area contributed by atoms with Crippen molar-refractivity contribution in [2.24, 2.45) is 0 Å². The number of anilines is 2. The highest BCUT2D eigenvalue weighted by molar-refractivity contribution is 7.80. The summed E-state index contributed by atoms with van der Waals surface area (Å²) in [6.07, 6.45) is 0.0466. The molecule has 0 radical (unpaired) electrons. The molecule has 0 saturated heterocycles. The third-order valence-electron chi connectivity index (χ3n) is 3.95. The van der Waals surface area contributed by atoms with Crippen molar-refractivity contribution < 1.29 is 9.53 Å². The van der Waals surface area contributed by atoms with E-state index >= 15 is 0 Å². The number of ether oxygens (including phenoxy) is 1. The molecule has 0 aromatic heterocycles. The molecule has 2 rings (SSSR count). The van der Waals surface area contributed by atoms with Crippen LogP contribution < -0.4 is 20.3 Å². The summed E-state index contributed by atoms with van der Waals surface area (Å²) in [4.78, 5) is 14.7. The standard InChI is InChI=1S/C21H27N3O2S/c1-5-24(6-2)18-12-10-17(11-13-18)22-21(27)23-20(25)16-8-7-9-19(14-16)26-15(3)4/h7-15H,5-6H2,1-4H3,(H2,22,23,25,27). The lowest BCUT2D eigenvalue weighted by atomic mass is 10.2. The van der Waals surface area contributed by atoms with Gasteiger partial charge in [-0.15, -0.1) is 0 Å². The molecule has 2 aromatic carbocycles. The van der Waals surface area contributed by atoms with E-state index in [-0.39, 0.29) is 17.1 Å². The highest BCUT2D eigenvalue weighted by atomic mass is 32.1. The van der Waals surface area contributed by atoms with Gasteiger partial charge in [0.05, 0.1) is 6.10 Å². The Morgan fingerprint density at radius 2 is 1.78 bits per heavy atom. The fourth-order valence-corrected chi connectivity index (χ4v) is 2.88. The van der Waals surface area contributed by atoms with Crippen molar-refractivity contribution in [1.82, 2.24) is 5.32 Å². The van der Waals surface area contributed by atoms with Gasteiger partial charge in [0.15, 0.2) is 5.11 Å². The van der Waals surface area contributed by atoms with Crippen molar-refractivity contribution in [1.29, 1.82) is 0 Å². The van der Waals surface area contributed by atoms with Gasteiger partial charge in [-0.1, -0.05) is 6.07 Å². The summed E-state index contributed by atoms with van der Waals surface area (Å²) in [5.74, 6) is 0.380. The van der Waals surface area contributed by atoms with Crippen LogP contribution in [0.15, 0.2) is 48.5 Å².